The monoisotopic (exact) mass is 278 g/mol. The zero-order valence-corrected chi connectivity index (χ0v) is 12.6. The van der Waals surface area contributed by atoms with E-state index in [9.17, 15) is 4.39 Å². The minimum Gasteiger partial charge on any atom is -0.293 e. The Morgan fingerprint density at radius 3 is 2.42 bits per heavy atom. The van der Waals surface area contributed by atoms with Crippen molar-refractivity contribution >= 4 is 11.3 Å². The standard InChI is InChI=1S/C15H19FN2S/c1-10-12(3)19-15(17-10)9-18(4)11(2)13-5-7-14(16)8-6-13/h5-8,11H,9H2,1-4H3/t11-/m0/s1. The number of hydrogen-bond acceptors (Lipinski definition) is 3. The third-order valence-corrected chi connectivity index (χ3v) is 4.53. The van der Waals surface area contributed by atoms with Crippen LogP contribution in [0.3, 0.4) is 0 Å². The predicted octanol–water partition coefficient (Wildman–Crippen LogP) is 4.09. The Hall–Kier alpha value is -1.26. The number of hydrogen-bond donors (Lipinski definition) is 0. The van der Waals surface area contributed by atoms with Gasteiger partial charge in [-0.3, -0.25) is 4.90 Å². The topological polar surface area (TPSA) is 16.1 Å². The number of aryl methyl sites for hydroxylation is 2. The van der Waals surface area contributed by atoms with Crippen LogP contribution in [0.4, 0.5) is 4.39 Å². The normalized spacial score (nSPS) is 12.9. The van der Waals surface area contributed by atoms with Gasteiger partial charge in [0.1, 0.15) is 10.8 Å². The zero-order chi connectivity index (χ0) is 14.0. The van der Waals surface area contributed by atoms with Crippen LogP contribution in [0, 0.1) is 19.7 Å². The lowest BCUT2D eigenvalue weighted by atomic mass is 10.1. The first kappa shape index (κ1) is 14.2. The largest absolute Gasteiger partial charge is 0.293 e. The molecule has 4 heteroatoms. The molecular formula is C15H19FN2S. The van der Waals surface area contributed by atoms with E-state index in [1.807, 2.05) is 19.1 Å². The second-order valence-electron chi connectivity index (χ2n) is 4.89. The van der Waals surface area contributed by atoms with Gasteiger partial charge in [-0.1, -0.05) is 12.1 Å². The van der Waals surface area contributed by atoms with Crippen LogP contribution in [0.25, 0.3) is 0 Å². The second-order valence-corrected chi connectivity index (χ2v) is 6.18. The summed E-state index contributed by atoms with van der Waals surface area (Å²) in [7, 11) is 2.07. The summed E-state index contributed by atoms with van der Waals surface area (Å²) >= 11 is 1.74. The van der Waals surface area contributed by atoms with Crippen molar-refractivity contribution in [3.05, 3.63) is 51.2 Å². The molecule has 0 bridgehead atoms. The lowest BCUT2D eigenvalue weighted by Crippen LogP contribution is -2.21. The van der Waals surface area contributed by atoms with Crippen LogP contribution in [-0.4, -0.2) is 16.9 Å². The van der Waals surface area contributed by atoms with Crippen LogP contribution in [-0.2, 0) is 6.54 Å². The molecule has 0 radical (unpaired) electrons. The molecule has 0 unspecified atom stereocenters. The molecule has 2 rings (SSSR count). The molecule has 1 aromatic carbocycles. The summed E-state index contributed by atoms with van der Waals surface area (Å²) in [6, 6.07) is 6.95. The lowest BCUT2D eigenvalue weighted by molar-refractivity contribution is 0.252. The quantitative estimate of drug-likeness (QED) is 0.837. The predicted molar refractivity (Wildman–Crippen MR) is 77.9 cm³/mol. The summed E-state index contributed by atoms with van der Waals surface area (Å²) in [6.07, 6.45) is 0. The maximum atomic E-state index is 12.9. The van der Waals surface area contributed by atoms with Crippen LogP contribution < -0.4 is 0 Å². The fourth-order valence-corrected chi connectivity index (χ4v) is 2.95. The van der Waals surface area contributed by atoms with E-state index >= 15 is 0 Å². The highest BCUT2D eigenvalue weighted by Gasteiger charge is 2.14. The van der Waals surface area contributed by atoms with Crippen LogP contribution in [0.15, 0.2) is 24.3 Å². The summed E-state index contributed by atoms with van der Waals surface area (Å²) < 4.78 is 12.9. The molecule has 0 N–H and O–H groups in total. The fraction of sp³-hybridized carbons (Fsp3) is 0.400. The number of halogens is 1. The maximum absolute atomic E-state index is 12.9. The Morgan fingerprint density at radius 1 is 1.26 bits per heavy atom. The van der Waals surface area contributed by atoms with Gasteiger partial charge in [-0.05, 0) is 45.5 Å². The van der Waals surface area contributed by atoms with Gasteiger partial charge in [0.05, 0.1) is 12.2 Å². The zero-order valence-electron chi connectivity index (χ0n) is 11.8. The molecule has 1 heterocycles. The smallest absolute Gasteiger partial charge is 0.123 e. The van der Waals surface area contributed by atoms with E-state index in [1.165, 1.54) is 17.0 Å². The third kappa shape index (κ3) is 3.39. The van der Waals surface area contributed by atoms with Gasteiger partial charge in [-0.25, -0.2) is 9.37 Å². The fourth-order valence-electron chi connectivity index (χ4n) is 1.95. The summed E-state index contributed by atoms with van der Waals surface area (Å²) in [6.45, 7) is 7.08. The van der Waals surface area contributed by atoms with Crippen molar-refractivity contribution < 1.29 is 4.39 Å². The van der Waals surface area contributed by atoms with Crippen molar-refractivity contribution in [3.8, 4) is 0 Å². The first-order chi connectivity index (χ1) is 8.97. The molecule has 2 aromatic rings. The van der Waals surface area contributed by atoms with Gasteiger partial charge < -0.3 is 0 Å². The molecule has 0 aliphatic heterocycles. The van der Waals surface area contributed by atoms with E-state index in [1.54, 1.807) is 11.3 Å². The van der Waals surface area contributed by atoms with Crippen LogP contribution in [0.1, 0.15) is 34.1 Å². The molecule has 0 saturated carbocycles. The highest BCUT2D eigenvalue weighted by Crippen LogP contribution is 2.23. The molecular weight excluding hydrogens is 259 g/mol. The summed E-state index contributed by atoms with van der Waals surface area (Å²) in [5.74, 6) is -0.190. The van der Waals surface area contributed by atoms with Crippen LogP contribution in [0.5, 0.6) is 0 Å². The Morgan fingerprint density at radius 2 is 1.89 bits per heavy atom. The molecule has 0 saturated heterocycles. The highest BCUT2D eigenvalue weighted by atomic mass is 32.1. The van der Waals surface area contributed by atoms with Crippen molar-refractivity contribution in [1.82, 2.24) is 9.88 Å². The molecule has 19 heavy (non-hydrogen) atoms. The number of aromatic nitrogens is 1. The number of rotatable bonds is 4. The molecule has 0 aliphatic carbocycles. The molecule has 102 valence electrons. The maximum Gasteiger partial charge on any atom is 0.123 e. The Bertz CT molecular complexity index is 528. The van der Waals surface area contributed by atoms with Crippen molar-refractivity contribution in [1.29, 1.82) is 0 Å². The summed E-state index contributed by atoms with van der Waals surface area (Å²) in [5, 5.41) is 1.13. The molecule has 2 nitrogen and oxygen atoms in total. The molecule has 0 spiro atoms. The Kier molecular flexibility index (Phi) is 4.32. The van der Waals surface area contributed by atoms with Crippen molar-refractivity contribution in [3.63, 3.8) is 0 Å². The van der Waals surface area contributed by atoms with Crippen molar-refractivity contribution in [2.24, 2.45) is 0 Å². The number of nitrogens with zero attached hydrogens (tertiary/aromatic N) is 2. The highest BCUT2D eigenvalue weighted by molar-refractivity contribution is 7.11. The SMILES string of the molecule is Cc1nc(CN(C)[C@@H](C)c2ccc(F)cc2)sc1C. The molecule has 0 fully saturated rings. The van der Waals surface area contributed by atoms with Crippen molar-refractivity contribution in [2.45, 2.75) is 33.4 Å². The molecule has 0 aliphatic rings. The average molecular weight is 278 g/mol. The van der Waals surface area contributed by atoms with E-state index in [2.05, 4.69) is 30.8 Å². The first-order valence-electron chi connectivity index (χ1n) is 6.36. The average Bonchev–Trinajstić information content (AvgIpc) is 2.68. The van der Waals surface area contributed by atoms with E-state index in [-0.39, 0.29) is 11.9 Å². The minimum atomic E-state index is -0.190. The van der Waals surface area contributed by atoms with E-state index in [0.717, 1.165) is 22.8 Å². The van der Waals surface area contributed by atoms with Gasteiger partial charge in [-0.15, -0.1) is 11.3 Å². The second kappa shape index (κ2) is 5.80. The minimum absolute atomic E-state index is 0.190. The van der Waals surface area contributed by atoms with Gasteiger partial charge in [0.2, 0.25) is 0 Å². The van der Waals surface area contributed by atoms with Gasteiger partial charge >= 0.3 is 0 Å². The Balaban J connectivity index is 2.06. The number of benzene rings is 1. The van der Waals surface area contributed by atoms with Crippen molar-refractivity contribution in [2.75, 3.05) is 7.05 Å². The van der Waals surface area contributed by atoms with Crippen LogP contribution in [0.2, 0.25) is 0 Å². The van der Waals surface area contributed by atoms with Gasteiger partial charge in [0.15, 0.2) is 0 Å². The molecule has 1 atom stereocenters. The van der Waals surface area contributed by atoms with E-state index in [4.69, 9.17) is 0 Å². The van der Waals surface area contributed by atoms with Gasteiger partial charge in [-0.2, -0.15) is 0 Å². The van der Waals surface area contributed by atoms with Gasteiger partial charge in [0, 0.05) is 10.9 Å². The summed E-state index contributed by atoms with van der Waals surface area (Å²) in [4.78, 5) is 8.06. The third-order valence-electron chi connectivity index (χ3n) is 3.47. The Labute approximate surface area is 117 Å². The van der Waals surface area contributed by atoms with E-state index < -0.39 is 0 Å². The first-order valence-corrected chi connectivity index (χ1v) is 7.17. The van der Waals surface area contributed by atoms with E-state index in [0.29, 0.717) is 0 Å². The molecule has 1 aromatic heterocycles. The van der Waals surface area contributed by atoms with Crippen LogP contribution >= 0.6 is 11.3 Å². The molecule has 0 amide bonds. The van der Waals surface area contributed by atoms with Gasteiger partial charge in [0.25, 0.3) is 0 Å². The summed E-state index contributed by atoms with van der Waals surface area (Å²) in [5.41, 5.74) is 2.23. The lowest BCUT2D eigenvalue weighted by Gasteiger charge is -2.24. The number of thiazole rings is 1.